The fraction of sp³-hybridized carbons (Fsp3) is 0.200. The van der Waals surface area contributed by atoms with Gasteiger partial charge in [-0.1, -0.05) is 66.8 Å². The predicted octanol–water partition coefficient (Wildman–Crippen LogP) is 6.07. The second-order valence-corrected chi connectivity index (χ2v) is 7.23. The van der Waals surface area contributed by atoms with Crippen molar-refractivity contribution >= 4 is 11.3 Å². The Morgan fingerprint density at radius 2 is 1.69 bits per heavy atom. The van der Waals surface area contributed by atoms with E-state index >= 15 is 0 Å². The van der Waals surface area contributed by atoms with Crippen molar-refractivity contribution in [3.8, 4) is 0 Å². The number of hydrogen-bond donors (Lipinski definition) is 0. The minimum Gasteiger partial charge on any atom is -0.334 e. The van der Waals surface area contributed by atoms with Crippen molar-refractivity contribution in [1.82, 2.24) is 0 Å². The monoisotopic (exact) mass is 337 g/mol. The third-order valence-electron chi connectivity index (χ3n) is 5.71. The van der Waals surface area contributed by atoms with Gasteiger partial charge in [-0.15, -0.1) is 0 Å². The van der Waals surface area contributed by atoms with Crippen LogP contribution in [0.1, 0.15) is 30.4 Å². The second-order valence-electron chi connectivity index (χ2n) is 7.23. The van der Waals surface area contributed by atoms with E-state index in [0.717, 1.165) is 25.7 Å². The van der Waals surface area contributed by atoms with Gasteiger partial charge in [0.2, 0.25) is 0 Å². The molecule has 3 aliphatic rings. The maximum atomic E-state index is 2.56. The van der Waals surface area contributed by atoms with Gasteiger partial charge in [0, 0.05) is 11.4 Å². The van der Waals surface area contributed by atoms with Gasteiger partial charge in [0.15, 0.2) is 0 Å². The minimum absolute atomic E-state index is 0.390. The fourth-order valence-electron chi connectivity index (χ4n) is 4.55. The average molecular weight is 337 g/mol. The Morgan fingerprint density at radius 3 is 2.54 bits per heavy atom. The lowest BCUT2D eigenvalue weighted by Crippen LogP contribution is -2.40. The van der Waals surface area contributed by atoms with Crippen LogP contribution >= 0.6 is 0 Å². The van der Waals surface area contributed by atoms with Crippen LogP contribution in [0.5, 0.6) is 0 Å². The van der Waals surface area contributed by atoms with Crippen LogP contribution in [0.2, 0.25) is 0 Å². The zero-order chi connectivity index (χ0) is 17.3. The van der Waals surface area contributed by atoms with Gasteiger partial charge >= 0.3 is 0 Å². The summed E-state index contributed by atoms with van der Waals surface area (Å²) in [6, 6.07) is 20.2. The number of anilines is 1. The summed E-state index contributed by atoms with van der Waals surface area (Å²) in [6.45, 7) is 0. The van der Waals surface area contributed by atoms with Crippen LogP contribution in [0.3, 0.4) is 0 Å². The molecule has 0 spiro atoms. The molecule has 0 radical (unpaired) electrons. The highest BCUT2D eigenvalue weighted by atomic mass is 15.2. The first-order valence-electron chi connectivity index (χ1n) is 9.60. The maximum Gasteiger partial charge on any atom is 0.0601 e. The molecular formula is C25H23N. The van der Waals surface area contributed by atoms with Gasteiger partial charge in [0.1, 0.15) is 0 Å². The minimum atomic E-state index is 0.390. The molecule has 0 amide bonds. The van der Waals surface area contributed by atoms with Crippen molar-refractivity contribution in [1.29, 1.82) is 0 Å². The number of hydrogen-bond acceptors (Lipinski definition) is 1. The summed E-state index contributed by atoms with van der Waals surface area (Å²) in [5.41, 5.74) is 8.56. The fourth-order valence-corrected chi connectivity index (χ4v) is 4.55. The average Bonchev–Trinajstić information content (AvgIpc) is 3.23. The van der Waals surface area contributed by atoms with E-state index in [1.807, 2.05) is 0 Å². The predicted molar refractivity (Wildman–Crippen MR) is 110 cm³/mol. The molecule has 1 unspecified atom stereocenters. The largest absolute Gasteiger partial charge is 0.334 e. The molecule has 1 heteroatoms. The second kappa shape index (κ2) is 6.49. The summed E-state index contributed by atoms with van der Waals surface area (Å²) in [5, 5.41) is 0. The molecule has 2 aromatic carbocycles. The lowest BCUT2D eigenvalue weighted by atomic mass is 9.77. The molecule has 3 aliphatic carbocycles. The molecule has 1 atom stereocenters. The molecular weight excluding hydrogens is 314 g/mol. The molecule has 0 N–H and O–H groups in total. The van der Waals surface area contributed by atoms with Crippen molar-refractivity contribution < 1.29 is 0 Å². The summed E-state index contributed by atoms with van der Waals surface area (Å²) in [4.78, 5) is 2.56. The molecule has 0 heterocycles. The van der Waals surface area contributed by atoms with Crippen molar-refractivity contribution in [2.24, 2.45) is 0 Å². The topological polar surface area (TPSA) is 3.24 Å². The van der Waals surface area contributed by atoms with Crippen LogP contribution < -0.4 is 4.90 Å². The van der Waals surface area contributed by atoms with Gasteiger partial charge in [-0.2, -0.15) is 0 Å². The van der Waals surface area contributed by atoms with Crippen molar-refractivity contribution in [3.63, 3.8) is 0 Å². The summed E-state index contributed by atoms with van der Waals surface area (Å²) < 4.78 is 0. The highest BCUT2D eigenvalue weighted by molar-refractivity contribution is 5.83. The van der Waals surface area contributed by atoms with Crippen LogP contribution in [-0.4, -0.2) is 6.04 Å². The highest BCUT2D eigenvalue weighted by Crippen LogP contribution is 2.41. The van der Waals surface area contributed by atoms with E-state index in [4.69, 9.17) is 0 Å². The Balaban J connectivity index is 1.67. The van der Waals surface area contributed by atoms with Crippen molar-refractivity contribution in [2.75, 3.05) is 4.90 Å². The van der Waals surface area contributed by atoms with Crippen molar-refractivity contribution in [3.05, 3.63) is 107 Å². The van der Waals surface area contributed by atoms with Crippen molar-refractivity contribution in [2.45, 2.75) is 31.7 Å². The van der Waals surface area contributed by atoms with E-state index in [1.165, 1.54) is 28.1 Å². The van der Waals surface area contributed by atoms with E-state index in [0.29, 0.717) is 6.04 Å². The van der Waals surface area contributed by atoms with Gasteiger partial charge < -0.3 is 4.90 Å². The van der Waals surface area contributed by atoms with Gasteiger partial charge in [-0.3, -0.25) is 0 Å². The molecule has 2 aromatic rings. The van der Waals surface area contributed by atoms with E-state index < -0.39 is 0 Å². The number of benzene rings is 2. The quantitative estimate of drug-likeness (QED) is 0.657. The van der Waals surface area contributed by atoms with Gasteiger partial charge in [-0.05, 0) is 66.2 Å². The zero-order valence-electron chi connectivity index (χ0n) is 14.9. The first-order valence-corrected chi connectivity index (χ1v) is 9.60. The van der Waals surface area contributed by atoms with Gasteiger partial charge in [0.25, 0.3) is 0 Å². The number of para-hydroxylation sites is 1. The molecule has 0 aromatic heterocycles. The summed E-state index contributed by atoms with van der Waals surface area (Å²) >= 11 is 0. The molecule has 0 saturated carbocycles. The maximum absolute atomic E-state index is 2.56. The van der Waals surface area contributed by atoms with Crippen LogP contribution in [-0.2, 0) is 6.42 Å². The summed E-state index contributed by atoms with van der Waals surface area (Å²) in [7, 11) is 0. The molecule has 128 valence electrons. The standard InChI is InChI=1S/C25H23N/c1-2-11-20(12-3-1)26(21-13-5-6-14-21)25-18-19-10-4-7-15-22(19)23-16-8-9-17-24(23)25/h1-5,7-8,10-16,25H,6,9,17-18H2. The molecule has 0 aliphatic heterocycles. The zero-order valence-corrected chi connectivity index (χ0v) is 14.9. The molecule has 5 rings (SSSR count). The Bertz CT molecular complexity index is 943. The smallest absolute Gasteiger partial charge is 0.0601 e. The Morgan fingerprint density at radius 1 is 0.846 bits per heavy atom. The van der Waals surface area contributed by atoms with E-state index in [9.17, 15) is 0 Å². The molecule has 26 heavy (non-hydrogen) atoms. The molecule has 1 nitrogen and oxygen atoms in total. The van der Waals surface area contributed by atoms with Crippen LogP contribution in [0.25, 0.3) is 5.57 Å². The third kappa shape index (κ3) is 2.55. The first kappa shape index (κ1) is 15.5. The summed E-state index contributed by atoms with van der Waals surface area (Å²) in [5.74, 6) is 0. The van der Waals surface area contributed by atoms with E-state index in [1.54, 1.807) is 5.57 Å². The lowest BCUT2D eigenvalue weighted by Gasteiger charge is -2.40. The number of allylic oxidation sites excluding steroid dienone is 6. The SMILES string of the molecule is C1=CC(N(c2ccccc2)C2Cc3ccccc3C3=C2CCC=C3)=CC1. The third-order valence-corrected chi connectivity index (χ3v) is 5.71. The lowest BCUT2D eigenvalue weighted by molar-refractivity contribution is 0.671. The molecule has 0 bridgehead atoms. The van der Waals surface area contributed by atoms with Gasteiger partial charge in [-0.25, -0.2) is 0 Å². The first-order chi connectivity index (χ1) is 12.9. The van der Waals surface area contributed by atoms with E-state index in [2.05, 4.69) is 89.9 Å². The number of nitrogens with zero attached hydrogens (tertiary/aromatic N) is 1. The number of fused-ring (bicyclic) bond motifs is 2. The Hall–Kier alpha value is -2.80. The van der Waals surface area contributed by atoms with Crippen LogP contribution in [0.4, 0.5) is 5.69 Å². The van der Waals surface area contributed by atoms with Crippen LogP contribution in [0.15, 0.2) is 96.2 Å². The molecule has 0 fully saturated rings. The normalized spacial score (nSPS) is 20.6. The Labute approximate surface area is 155 Å². The van der Waals surface area contributed by atoms with Gasteiger partial charge in [0.05, 0.1) is 6.04 Å². The summed E-state index contributed by atoms with van der Waals surface area (Å²) in [6.07, 6.45) is 16.0. The molecule has 0 saturated heterocycles. The van der Waals surface area contributed by atoms with E-state index in [-0.39, 0.29) is 0 Å². The van der Waals surface area contributed by atoms with Crippen LogP contribution in [0, 0.1) is 0 Å². The highest BCUT2D eigenvalue weighted by Gasteiger charge is 2.32. The Kier molecular flexibility index (Phi) is 3.86. The number of rotatable bonds is 3.